The highest BCUT2D eigenvalue weighted by molar-refractivity contribution is 9.10. The van der Waals surface area contributed by atoms with Gasteiger partial charge in [0.25, 0.3) is 0 Å². The lowest BCUT2D eigenvalue weighted by Gasteiger charge is -2.11. The van der Waals surface area contributed by atoms with Crippen LogP contribution < -0.4 is 14.2 Å². The number of rotatable bonds is 3. The summed E-state index contributed by atoms with van der Waals surface area (Å²) in [6.45, 7) is 5.07. The van der Waals surface area contributed by atoms with Crippen molar-refractivity contribution in [2.24, 2.45) is 10.9 Å². The Bertz CT molecular complexity index is 571. The number of hydrogen-bond donors (Lipinski definition) is 0. The summed E-state index contributed by atoms with van der Waals surface area (Å²) in [5.74, 6) is 2.94. The lowest BCUT2D eigenvalue weighted by atomic mass is 10.1. The predicted octanol–water partition coefficient (Wildman–Crippen LogP) is 2.99. The first-order chi connectivity index (χ1) is 9.61. The molecule has 2 heterocycles. The molecule has 2 aliphatic heterocycles. The molecule has 20 heavy (non-hydrogen) atoms. The highest BCUT2D eigenvalue weighted by Gasteiger charge is 2.30. The second-order valence-electron chi connectivity index (χ2n) is 5.06. The van der Waals surface area contributed by atoms with Crippen molar-refractivity contribution in [1.82, 2.24) is 0 Å². The van der Waals surface area contributed by atoms with Gasteiger partial charge in [-0.2, -0.15) is 0 Å². The van der Waals surface area contributed by atoms with E-state index < -0.39 is 0 Å². The van der Waals surface area contributed by atoms with Crippen LogP contribution in [0.3, 0.4) is 0 Å². The Balaban J connectivity index is 2.05. The molecule has 0 fully saturated rings. The highest BCUT2D eigenvalue weighted by Crippen LogP contribution is 2.47. The average molecular weight is 342 g/mol. The van der Waals surface area contributed by atoms with Crippen molar-refractivity contribution in [3.63, 3.8) is 0 Å². The SMILES string of the molecule is COc1c(Br)c(C2=N[C@H](C(C)C)CO2)cc2c1OCO2. The van der Waals surface area contributed by atoms with Crippen molar-refractivity contribution in [3.05, 3.63) is 16.1 Å². The monoisotopic (exact) mass is 341 g/mol. The summed E-state index contributed by atoms with van der Waals surface area (Å²) < 4.78 is 22.7. The summed E-state index contributed by atoms with van der Waals surface area (Å²) in [6, 6.07) is 2.06. The third-order valence-corrected chi connectivity index (χ3v) is 4.22. The molecular formula is C14H16BrNO4. The minimum Gasteiger partial charge on any atom is -0.492 e. The summed E-state index contributed by atoms with van der Waals surface area (Å²) in [7, 11) is 1.60. The molecule has 1 atom stereocenters. The molecule has 0 aliphatic carbocycles. The van der Waals surface area contributed by atoms with Gasteiger partial charge in [-0.1, -0.05) is 13.8 Å². The van der Waals surface area contributed by atoms with Gasteiger partial charge in [-0.25, -0.2) is 4.99 Å². The minimum atomic E-state index is 0.188. The van der Waals surface area contributed by atoms with Crippen LogP contribution in [-0.4, -0.2) is 32.4 Å². The zero-order chi connectivity index (χ0) is 14.3. The van der Waals surface area contributed by atoms with Gasteiger partial charge in [0.15, 0.2) is 11.5 Å². The van der Waals surface area contributed by atoms with Gasteiger partial charge in [0.05, 0.1) is 23.2 Å². The summed E-state index contributed by atoms with van der Waals surface area (Å²) in [5, 5.41) is 0. The maximum absolute atomic E-state index is 5.72. The van der Waals surface area contributed by atoms with Gasteiger partial charge in [-0.15, -0.1) is 0 Å². The van der Waals surface area contributed by atoms with Crippen molar-refractivity contribution in [2.75, 3.05) is 20.5 Å². The van der Waals surface area contributed by atoms with E-state index in [9.17, 15) is 0 Å². The molecule has 1 aromatic rings. The minimum absolute atomic E-state index is 0.188. The van der Waals surface area contributed by atoms with Gasteiger partial charge in [0, 0.05) is 0 Å². The van der Waals surface area contributed by atoms with Crippen LogP contribution in [0.15, 0.2) is 15.5 Å². The van der Waals surface area contributed by atoms with E-state index in [1.807, 2.05) is 6.07 Å². The summed E-state index contributed by atoms with van der Waals surface area (Å²) in [5.41, 5.74) is 0.828. The standard InChI is InChI=1S/C14H16BrNO4/c1-7(2)9-5-18-14(16-9)8-4-10-12(20-6-19-10)13(17-3)11(8)15/h4,7,9H,5-6H2,1-3H3/t9-/m0/s1. The van der Waals surface area contributed by atoms with Crippen molar-refractivity contribution in [2.45, 2.75) is 19.9 Å². The maximum atomic E-state index is 5.72. The van der Waals surface area contributed by atoms with Crippen molar-refractivity contribution in [1.29, 1.82) is 0 Å². The van der Waals surface area contributed by atoms with E-state index >= 15 is 0 Å². The van der Waals surface area contributed by atoms with Gasteiger partial charge in [0.1, 0.15) is 6.61 Å². The van der Waals surface area contributed by atoms with E-state index in [1.165, 1.54) is 0 Å². The van der Waals surface area contributed by atoms with Crippen LogP contribution in [0, 0.1) is 5.92 Å². The molecule has 0 N–H and O–H groups in total. The van der Waals surface area contributed by atoms with Crippen LogP contribution >= 0.6 is 15.9 Å². The Morgan fingerprint density at radius 2 is 2.15 bits per heavy atom. The third kappa shape index (κ3) is 2.12. The Kier molecular flexibility index (Phi) is 3.50. The average Bonchev–Trinajstić information content (AvgIpc) is 3.06. The van der Waals surface area contributed by atoms with Crippen molar-refractivity contribution in [3.8, 4) is 17.2 Å². The molecule has 0 unspecified atom stereocenters. The van der Waals surface area contributed by atoms with Crippen LogP contribution in [0.2, 0.25) is 0 Å². The predicted molar refractivity (Wildman–Crippen MR) is 77.9 cm³/mol. The van der Waals surface area contributed by atoms with E-state index in [1.54, 1.807) is 7.11 Å². The number of benzene rings is 1. The summed E-state index contributed by atoms with van der Waals surface area (Å²) in [4.78, 5) is 4.63. The van der Waals surface area contributed by atoms with Gasteiger partial charge >= 0.3 is 0 Å². The molecule has 0 bridgehead atoms. The lowest BCUT2D eigenvalue weighted by molar-refractivity contribution is 0.171. The van der Waals surface area contributed by atoms with E-state index in [4.69, 9.17) is 18.9 Å². The number of nitrogens with zero attached hydrogens (tertiary/aromatic N) is 1. The van der Waals surface area contributed by atoms with Crippen molar-refractivity contribution >= 4 is 21.8 Å². The van der Waals surface area contributed by atoms with Crippen LogP contribution in [-0.2, 0) is 4.74 Å². The fraction of sp³-hybridized carbons (Fsp3) is 0.500. The van der Waals surface area contributed by atoms with Crippen LogP contribution in [0.5, 0.6) is 17.2 Å². The van der Waals surface area contributed by atoms with Crippen LogP contribution in [0.4, 0.5) is 0 Å². The summed E-state index contributed by atoms with van der Waals surface area (Å²) in [6.07, 6.45) is 0. The molecule has 2 aliphatic rings. The highest BCUT2D eigenvalue weighted by atomic mass is 79.9. The number of hydrogen-bond acceptors (Lipinski definition) is 5. The molecule has 108 valence electrons. The normalized spacial score (nSPS) is 20.1. The van der Waals surface area contributed by atoms with Crippen molar-refractivity contribution < 1.29 is 18.9 Å². The van der Waals surface area contributed by atoms with Crippen LogP contribution in [0.25, 0.3) is 0 Å². The first kappa shape index (κ1) is 13.5. The van der Waals surface area contributed by atoms with Gasteiger partial charge < -0.3 is 18.9 Å². The molecule has 5 nitrogen and oxygen atoms in total. The first-order valence-corrected chi connectivity index (χ1v) is 7.28. The van der Waals surface area contributed by atoms with Gasteiger partial charge in [0.2, 0.25) is 18.4 Å². The van der Waals surface area contributed by atoms with Crippen LogP contribution in [0.1, 0.15) is 19.4 Å². The Labute approximate surface area is 126 Å². The van der Waals surface area contributed by atoms with E-state index in [-0.39, 0.29) is 12.8 Å². The summed E-state index contributed by atoms with van der Waals surface area (Å²) >= 11 is 3.54. The fourth-order valence-corrected chi connectivity index (χ4v) is 2.83. The van der Waals surface area contributed by atoms with Gasteiger partial charge in [-0.05, 0) is 27.9 Å². The smallest absolute Gasteiger partial charge is 0.231 e. The zero-order valence-electron chi connectivity index (χ0n) is 11.6. The zero-order valence-corrected chi connectivity index (χ0v) is 13.2. The Morgan fingerprint density at radius 3 is 2.80 bits per heavy atom. The van der Waals surface area contributed by atoms with Gasteiger partial charge in [-0.3, -0.25) is 0 Å². The fourth-order valence-electron chi connectivity index (χ4n) is 2.21. The second kappa shape index (κ2) is 5.16. The first-order valence-electron chi connectivity index (χ1n) is 6.49. The largest absolute Gasteiger partial charge is 0.492 e. The number of halogens is 1. The molecule has 0 spiro atoms. The lowest BCUT2D eigenvalue weighted by Crippen LogP contribution is -2.13. The maximum Gasteiger partial charge on any atom is 0.231 e. The number of methoxy groups -OCH3 is 1. The third-order valence-electron chi connectivity index (χ3n) is 3.44. The van der Waals surface area contributed by atoms with E-state index in [2.05, 4.69) is 34.8 Å². The molecule has 6 heteroatoms. The number of aliphatic imine (C=N–C) groups is 1. The molecule has 0 saturated carbocycles. The number of ether oxygens (including phenoxy) is 4. The van der Waals surface area contributed by atoms with E-state index in [0.717, 1.165) is 10.0 Å². The van der Waals surface area contributed by atoms with E-state index in [0.29, 0.717) is 35.7 Å². The second-order valence-corrected chi connectivity index (χ2v) is 5.85. The molecule has 1 aromatic carbocycles. The molecule has 0 radical (unpaired) electrons. The molecule has 0 amide bonds. The number of fused-ring (bicyclic) bond motifs is 1. The molecule has 0 saturated heterocycles. The quantitative estimate of drug-likeness (QED) is 0.847. The molecule has 3 rings (SSSR count). The Morgan fingerprint density at radius 1 is 1.35 bits per heavy atom. The Hall–Kier alpha value is -1.43. The molecule has 0 aromatic heterocycles. The molecular weight excluding hydrogens is 326 g/mol. The topological polar surface area (TPSA) is 49.3 Å².